The topological polar surface area (TPSA) is 63.7 Å². The highest BCUT2D eigenvalue weighted by Gasteiger charge is 2.20. The van der Waals surface area contributed by atoms with Crippen LogP contribution in [0, 0.1) is 0 Å². The highest BCUT2D eigenvalue weighted by atomic mass is 35.5. The Labute approximate surface area is 184 Å². The number of nitrogens with zero attached hydrogens (tertiary/aromatic N) is 2. The molecule has 3 aromatic rings. The minimum absolute atomic E-state index is 0.216. The maximum absolute atomic E-state index is 12.4. The van der Waals surface area contributed by atoms with Gasteiger partial charge >= 0.3 is 0 Å². The predicted octanol–water partition coefficient (Wildman–Crippen LogP) is 4.62. The first-order valence-electron chi connectivity index (χ1n) is 9.53. The van der Waals surface area contributed by atoms with E-state index in [2.05, 4.69) is 27.3 Å². The van der Waals surface area contributed by atoms with Crippen molar-refractivity contribution in [2.75, 3.05) is 26.1 Å². The van der Waals surface area contributed by atoms with Crippen LogP contribution in [0.1, 0.15) is 27.2 Å². The Morgan fingerprint density at radius 2 is 1.97 bits per heavy atom. The second kappa shape index (κ2) is 9.04. The third kappa shape index (κ3) is 4.59. The average molecular weight is 444 g/mol. The van der Waals surface area contributed by atoms with Gasteiger partial charge in [-0.3, -0.25) is 15.0 Å². The fraction of sp³-hybridized carbons (Fsp3) is 0.273. The van der Waals surface area contributed by atoms with E-state index in [0.29, 0.717) is 15.7 Å². The third-order valence-electron chi connectivity index (χ3n) is 5.04. The molecule has 0 atom stereocenters. The number of rotatable bonds is 6. The molecule has 0 fully saturated rings. The van der Waals surface area contributed by atoms with E-state index in [1.165, 1.54) is 22.5 Å². The zero-order chi connectivity index (χ0) is 21.1. The van der Waals surface area contributed by atoms with Crippen molar-refractivity contribution in [1.82, 2.24) is 9.88 Å². The molecule has 4 rings (SSSR count). The molecule has 0 bridgehead atoms. The number of amides is 1. The number of carbonyl (C=O) groups is 1. The Hall–Kier alpha value is -2.61. The van der Waals surface area contributed by atoms with Gasteiger partial charge in [0.15, 0.2) is 16.6 Å². The van der Waals surface area contributed by atoms with Gasteiger partial charge in [-0.25, -0.2) is 4.98 Å². The largest absolute Gasteiger partial charge is 0.493 e. The van der Waals surface area contributed by atoms with E-state index < -0.39 is 0 Å². The summed E-state index contributed by atoms with van der Waals surface area (Å²) in [5.74, 6) is 1.30. The molecular formula is C22H22ClN3O3S. The molecular weight excluding hydrogens is 422 g/mol. The summed E-state index contributed by atoms with van der Waals surface area (Å²) in [6.45, 7) is 2.47. The van der Waals surface area contributed by atoms with Crippen molar-refractivity contribution in [3.63, 3.8) is 0 Å². The fourth-order valence-electron chi connectivity index (χ4n) is 3.54. The van der Waals surface area contributed by atoms with Crippen molar-refractivity contribution < 1.29 is 14.3 Å². The molecule has 2 aromatic carbocycles. The van der Waals surface area contributed by atoms with Crippen LogP contribution in [0.25, 0.3) is 0 Å². The van der Waals surface area contributed by atoms with Gasteiger partial charge in [-0.05, 0) is 47.9 Å². The van der Waals surface area contributed by atoms with Crippen LogP contribution in [-0.2, 0) is 19.5 Å². The van der Waals surface area contributed by atoms with Gasteiger partial charge in [0.1, 0.15) is 0 Å². The molecule has 0 saturated heterocycles. The van der Waals surface area contributed by atoms with E-state index in [-0.39, 0.29) is 5.91 Å². The van der Waals surface area contributed by atoms with Gasteiger partial charge in [0, 0.05) is 35.6 Å². The maximum atomic E-state index is 12.4. The van der Waals surface area contributed by atoms with Crippen molar-refractivity contribution >= 4 is 34.0 Å². The van der Waals surface area contributed by atoms with E-state index in [1.807, 2.05) is 5.38 Å². The molecule has 1 aromatic heterocycles. The molecule has 0 aliphatic carbocycles. The molecule has 1 amide bonds. The number of methoxy groups -OCH3 is 2. The zero-order valence-electron chi connectivity index (χ0n) is 16.8. The molecule has 8 heteroatoms. The van der Waals surface area contributed by atoms with E-state index in [9.17, 15) is 4.79 Å². The molecule has 156 valence electrons. The minimum Gasteiger partial charge on any atom is -0.493 e. The Morgan fingerprint density at radius 1 is 1.20 bits per heavy atom. The summed E-state index contributed by atoms with van der Waals surface area (Å²) in [4.78, 5) is 19.3. The lowest BCUT2D eigenvalue weighted by Gasteiger charge is -2.29. The normalized spacial score (nSPS) is 13.6. The quantitative estimate of drug-likeness (QED) is 0.602. The first-order valence-corrected chi connectivity index (χ1v) is 10.8. The van der Waals surface area contributed by atoms with Crippen LogP contribution in [0.3, 0.4) is 0 Å². The zero-order valence-corrected chi connectivity index (χ0v) is 18.3. The highest BCUT2D eigenvalue weighted by Crippen LogP contribution is 2.33. The lowest BCUT2D eigenvalue weighted by atomic mass is 9.98. The number of nitrogens with one attached hydrogen (secondary N) is 1. The monoisotopic (exact) mass is 443 g/mol. The number of anilines is 1. The number of thiazole rings is 1. The first kappa shape index (κ1) is 20.7. The van der Waals surface area contributed by atoms with Crippen LogP contribution in [0.15, 0.2) is 41.8 Å². The lowest BCUT2D eigenvalue weighted by molar-refractivity contribution is 0.102. The van der Waals surface area contributed by atoms with Crippen LogP contribution in [-0.4, -0.2) is 36.6 Å². The molecule has 6 nitrogen and oxygen atoms in total. The molecule has 0 saturated carbocycles. The Kier molecular flexibility index (Phi) is 6.22. The van der Waals surface area contributed by atoms with E-state index in [1.54, 1.807) is 38.5 Å². The van der Waals surface area contributed by atoms with E-state index in [4.69, 9.17) is 21.1 Å². The van der Waals surface area contributed by atoms with E-state index >= 15 is 0 Å². The Balaban J connectivity index is 1.40. The number of benzene rings is 2. The molecule has 2 heterocycles. The van der Waals surface area contributed by atoms with E-state index in [0.717, 1.165) is 43.2 Å². The summed E-state index contributed by atoms with van der Waals surface area (Å²) in [5.41, 5.74) is 3.97. The lowest BCUT2D eigenvalue weighted by Crippen LogP contribution is -2.30. The van der Waals surface area contributed by atoms with Crippen molar-refractivity contribution in [1.29, 1.82) is 0 Å². The summed E-state index contributed by atoms with van der Waals surface area (Å²) >= 11 is 7.39. The summed E-state index contributed by atoms with van der Waals surface area (Å²) in [7, 11) is 3.31. The van der Waals surface area contributed by atoms with Crippen molar-refractivity contribution in [2.24, 2.45) is 0 Å². The van der Waals surface area contributed by atoms with Gasteiger partial charge in [0.2, 0.25) is 0 Å². The number of hydrogen-bond donors (Lipinski definition) is 1. The summed E-state index contributed by atoms with van der Waals surface area (Å²) in [5, 5.41) is 5.94. The second-order valence-corrected chi connectivity index (χ2v) is 8.34. The summed E-state index contributed by atoms with van der Waals surface area (Å²) in [6.07, 6.45) is 0.943. The number of hydrogen-bond acceptors (Lipinski definition) is 6. The van der Waals surface area contributed by atoms with Crippen LogP contribution in [0.4, 0.5) is 5.13 Å². The van der Waals surface area contributed by atoms with Gasteiger partial charge in [-0.15, -0.1) is 11.3 Å². The second-order valence-electron chi connectivity index (χ2n) is 7.05. The average Bonchev–Trinajstić information content (AvgIpc) is 3.19. The van der Waals surface area contributed by atoms with Crippen LogP contribution >= 0.6 is 22.9 Å². The number of aromatic nitrogens is 1. The van der Waals surface area contributed by atoms with Gasteiger partial charge in [-0.1, -0.05) is 17.7 Å². The minimum atomic E-state index is -0.216. The Bertz CT molecular complexity index is 1070. The fourth-order valence-corrected chi connectivity index (χ4v) is 4.43. The summed E-state index contributed by atoms with van der Waals surface area (Å²) < 4.78 is 10.8. The van der Waals surface area contributed by atoms with Crippen molar-refractivity contribution in [3.05, 3.63) is 69.2 Å². The molecule has 0 radical (unpaired) electrons. The van der Waals surface area contributed by atoms with Crippen LogP contribution in [0.5, 0.6) is 11.5 Å². The number of halogens is 1. The predicted molar refractivity (Wildman–Crippen MR) is 119 cm³/mol. The number of ether oxygens (including phenoxy) is 2. The van der Waals surface area contributed by atoms with Crippen molar-refractivity contribution in [3.8, 4) is 11.5 Å². The van der Waals surface area contributed by atoms with Crippen molar-refractivity contribution in [2.45, 2.75) is 19.5 Å². The molecule has 0 spiro atoms. The molecule has 1 N–H and O–H groups in total. The maximum Gasteiger partial charge on any atom is 0.257 e. The molecule has 30 heavy (non-hydrogen) atoms. The number of carbonyl (C=O) groups excluding carboxylic acids is 1. The van der Waals surface area contributed by atoms with Crippen LogP contribution < -0.4 is 14.8 Å². The van der Waals surface area contributed by atoms with Gasteiger partial charge < -0.3 is 9.47 Å². The van der Waals surface area contributed by atoms with Crippen LogP contribution in [0.2, 0.25) is 5.02 Å². The first-order chi connectivity index (χ1) is 14.6. The highest BCUT2D eigenvalue weighted by molar-refractivity contribution is 7.14. The van der Waals surface area contributed by atoms with Gasteiger partial charge in [0.05, 0.1) is 19.9 Å². The number of fused-ring (bicyclic) bond motifs is 1. The van der Waals surface area contributed by atoms with Gasteiger partial charge in [-0.2, -0.15) is 0 Å². The molecule has 1 aliphatic heterocycles. The smallest absolute Gasteiger partial charge is 0.257 e. The molecule has 0 unspecified atom stereocenters. The van der Waals surface area contributed by atoms with Gasteiger partial charge in [0.25, 0.3) is 5.91 Å². The third-order valence-corrected chi connectivity index (χ3v) is 6.08. The molecule has 1 aliphatic rings. The SMILES string of the molecule is COc1cc2c(cc1OC)CN(Cc1csc(NC(=O)c3cccc(Cl)c3)n1)CC2. The summed E-state index contributed by atoms with van der Waals surface area (Å²) in [6, 6.07) is 11.0. The Morgan fingerprint density at radius 3 is 2.70 bits per heavy atom. The standard InChI is InChI=1S/C22H22ClN3O3S/c1-28-19-9-14-6-7-26(11-16(14)10-20(19)29-2)12-18-13-30-22(24-18)25-21(27)15-4-3-5-17(23)8-15/h3-5,8-10,13H,6-7,11-12H2,1-2H3,(H,24,25,27).